The van der Waals surface area contributed by atoms with E-state index in [4.69, 9.17) is 5.26 Å². The lowest BCUT2D eigenvalue weighted by molar-refractivity contribution is -0.116. The van der Waals surface area contributed by atoms with Crippen LogP contribution in [-0.2, 0) is 11.3 Å². The molecule has 0 aliphatic carbocycles. The molecule has 0 aromatic heterocycles. The normalized spacial score (nSPS) is 10.0. The van der Waals surface area contributed by atoms with Gasteiger partial charge in [0.25, 0.3) is 0 Å². The first-order valence-electron chi connectivity index (χ1n) is 7.23. The number of rotatable bonds is 6. The third kappa shape index (κ3) is 5.04. The highest BCUT2D eigenvalue weighted by molar-refractivity contribution is 5.90. The SMILES string of the molecule is Cc1ccc(CNCCC(=O)Nc2ccc(C#N)cc2)cc1. The van der Waals surface area contributed by atoms with E-state index >= 15 is 0 Å². The Balaban J connectivity index is 1.69. The minimum atomic E-state index is -0.0406. The minimum absolute atomic E-state index is 0.0406. The van der Waals surface area contributed by atoms with Crippen LogP contribution in [-0.4, -0.2) is 12.5 Å². The van der Waals surface area contributed by atoms with Crippen molar-refractivity contribution in [2.45, 2.75) is 19.9 Å². The molecule has 112 valence electrons. The van der Waals surface area contributed by atoms with Crippen LogP contribution in [0.25, 0.3) is 0 Å². The van der Waals surface area contributed by atoms with Gasteiger partial charge in [-0.3, -0.25) is 4.79 Å². The summed E-state index contributed by atoms with van der Waals surface area (Å²) < 4.78 is 0. The third-order valence-corrected chi connectivity index (χ3v) is 3.28. The summed E-state index contributed by atoms with van der Waals surface area (Å²) in [7, 11) is 0. The van der Waals surface area contributed by atoms with Crippen LogP contribution in [0.15, 0.2) is 48.5 Å². The Morgan fingerprint density at radius 1 is 1.09 bits per heavy atom. The number of carbonyl (C=O) groups excluding carboxylic acids is 1. The number of hydrogen-bond donors (Lipinski definition) is 2. The second-order valence-electron chi connectivity index (χ2n) is 5.15. The first-order valence-corrected chi connectivity index (χ1v) is 7.23. The zero-order valence-corrected chi connectivity index (χ0v) is 12.6. The first-order chi connectivity index (χ1) is 10.7. The maximum absolute atomic E-state index is 11.8. The molecule has 1 amide bonds. The zero-order chi connectivity index (χ0) is 15.8. The van der Waals surface area contributed by atoms with Crippen LogP contribution in [0.5, 0.6) is 0 Å². The van der Waals surface area contributed by atoms with Gasteiger partial charge in [0, 0.05) is 25.2 Å². The highest BCUT2D eigenvalue weighted by Crippen LogP contribution is 2.09. The number of nitrogens with zero attached hydrogens (tertiary/aromatic N) is 1. The topological polar surface area (TPSA) is 64.9 Å². The van der Waals surface area contributed by atoms with Gasteiger partial charge in [0.05, 0.1) is 11.6 Å². The van der Waals surface area contributed by atoms with Crippen molar-refractivity contribution in [1.29, 1.82) is 5.26 Å². The fourth-order valence-electron chi connectivity index (χ4n) is 1.99. The van der Waals surface area contributed by atoms with E-state index in [-0.39, 0.29) is 5.91 Å². The van der Waals surface area contributed by atoms with Crippen molar-refractivity contribution in [2.75, 3.05) is 11.9 Å². The molecule has 0 aliphatic heterocycles. The maximum Gasteiger partial charge on any atom is 0.225 e. The molecule has 0 saturated carbocycles. The summed E-state index contributed by atoms with van der Waals surface area (Å²) in [6.45, 7) is 3.44. The fraction of sp³-hybridized carbons (Fsp3) is 0.222. The van der Waals surface area contributed by atoms with E-state index in [2.05, 4.69) is 41.8 Å². The Morgan fingerprint density at radius 3 is 2.41 bits per heavy atom. The highest BCUT2D eigenvalue weighted by Gasteiger charge is 2.02. The molecule has 0 aliphatic rings. The third-order valence-electron chi connectivity index (χ3n) is 3.28. The van der Waals surface area contributed by atoms with Gasteiger partial charge in [0.1, 0.15) is 0 Å². The predicted molar refractivity (Wildman–Crippen MR) is 87.3 cm³/mol. The molecule has 4 heteroatoms. The lowest BCUT2D eigenvalue weighted by atomic mass is 10.1. The number of hydrogen-bond acceptors (Lipinski definition) is 3. The molecule has 4 nitrogen and oxygen atoms in total. The van der Waals surface area contributed by atoms with Crippen molar-refractivity contribution >= 4 is 11.6 Å². The standard InChI is InChI=1S/C18H19N3O/c1-14-2-4-16(5-3-14)13-20-11-10-18(22)21-17-8-6-15(12-19)7-9-17/h2-9,20H,10-11,13H2,1H3,(H,21,22). The molecule has 22 heavy (non-hydrogen) atoms. The molecule has 0 unspecified atom stereocenters. The number of benzene rings is 2. The van der Waals surface area contributed by atoms with Crippen LogP contribution in [0.3, 0.4) is 0 Å². The average Bonchev–Trinajstić information content (AvgIpc) is 2.54. The largest absolute Gasteiger partial charge is 0.326 e. The number of anilines is 1. The van der Waals surface area contributed by atoms with Crippen LogP contribution < -0.4 is 10.6 Å². The molecule has 0 bridgehead atoms. The van der Waals surface area contributed by atoms with E-state index in [9.17, 15) is 4.79 Å². The van der Waals surface area contributed by atoms with Crippen molar-refractivity contribution in [2.24, 2.45) is 0 Å². The van der Waals surface area contributed by atoms with Crippen LogP contribution >= 0.6 is 0 Å². The zero-order valence-electron chi connectivity index (χ0n) is 12.6. The summed E-state index contributed by atoms with van der Waals surface area (Å²) in [5, 5.41) is 14.8. The monoisotopic (exact) mass is 293 g/mol. The van der Waals surface area contributed by atoms with E-state index in [0.717, 1.165) is 6.54 Å². The molecule has 2 rings (SSSR count). The highest BCUT2D eigenvalue weighted by atomic mass is 16.1. The Labute approximate surface area is 130 Å². The molecule has 2 aromatic rings. The van der Waals surface area contributed by atoms with E-state index in [0.29, 0.717) is 24.2 Å². The number of carbonyl (C=O) groups is 1. The molecule has 0 saturated heterocycles. The lowest BCUT2D eigenvalue weighted by Crippen LogP contribution is -2.21. The quantitative estimate of drug-likeness (QED) is 0.805. The molecule has 2 N–H and O–H groups in total. The fourth-order valence-corrected chi connectivity index (χ4v) is 1.99. The summed E-state index contributed by atoms with van der Waals surface area (Å²) in [6, 6.07) is 17.2. The molecule has 0 atom stereocenters. The van der Waals surface area contributed by atoms with Crippen molar-refractivity contribution in [3.63, 3.8) is 0 Å². The smallest absolute Gasteiger partial charge is 0.225 e. The van der Waals surface area contributed by atoms with Crippen LogP contribution in [0.2, 0.25) is 0 Å². The van der Waals surface area contributed by atoms with Gasteiger partial charge in [0.2, 0.25) is 5.91 Å². The predicted octanol–water partition coefficient (Wildman–Crippen LogP) is 2.99. The molecule has 0 heterocycles. The average molecular weight is 293 g/mol. The maximum atomic E-state index is 11.8. The van der Waals surface area contributed by atoms with E-state index < -0.39 is 0 Å². The molecular formula is C18H19N3O. The molecular weight excluding hydrogens is 274 g/mol. The second kappa shape index (κ2) is 7.96. The van der Waals surface area contributed by atoms with Crippen molar-refractivity contribution in [3.8, 4) is 6.07 Å². The molecule has 0 spiro atoms. The van der Waals surface area contributed by atoms with Gasteiger partial charge in [-0.25, -0.2) is 0 Å². The lowest BCUT2D eigenvalue weighted by Gasteiger charge is -2.07. The van der Waals surface area contributed by atoms with E-state index in [1.54, 1.807) is 24.3 Å². The van der Waals surface area contributed by atoms with Gasteiger partial charge < -0.3 is 10.6 Å². The Hall–Kier alpha value is -2.64. The molecule has 2 aromatic carbocycles. The Bertz CT molecular complexity index is 654. The van der Waals surface area contributed by atoms with Gasteiger partial charge in [-0.05, 0) is 36.8 Å². The van der Waals surface area contributed by atoms with E-state index in [1.165, 1.54) is 11.1 Å². The van der Waals surface area contributed by atoms with Crippen molar-refractivity contribution in [1.82, 2.24) is 5.32 Å². The molecule has 0 fully saturated rings. The first kappa shape index (κ1) is 15.7. The van der Waals surface area contributed by atoms with Gasteiger partial charge in [0.15, 0.2) is 0 Å². The number of nitriles is 1. The summed E-state index contributed by atoms with van der Waals surface area (Å²) in [4.78, 5) is 11.8. The summed E-state index contributed by atoms with van der Waals surface area (Å²) in [5.74, 6) is -0.0406. The number of amides is 1. The summed E-state index contributed by atoms with van der Waals surface area (Å²) in [5.41, 5.74) is 3.74. The number of nitrogens with one attached hydrogen (secondary N) is 2. The summed E-state index contributed by atoms with van der Waals surface area (Å²) >= 11 is 0. The Morgan fingerprint density at radius 2 is 1.77 bits per heavy atom. The Kier molecular flexibility index (Phi) is 5.70. The number of aryl methyl sites for hydroxylation is 1. The van der Waals surface area contributed by atoms with Crippen LogP contribution in [0.4, 0.5) is 5.69 Å². The van der Waals surface area contributed by atoms with Crippen molar-refractivity contribution < 1.29 is 4.79 Å². The van der Waals surface area contributed by atoms with Gasteiger partial charge >= 0.3 is 0 Å². The van der Waals surface area contributed by atoms with Gasteiger partial charge in [-0.15, -0.1) is 0 Å². The van der Waals surface area contributed by atoms with Crippen molar-refractivity contribution in [3.05, 3.63) is 65.2 Å². The molecule has 0 radical (unpaired) electrons. The van der Waals surface area contributed by atoms with E-state index in [1.807, 2.05) is 6.07 Å². The second-order valence-corrected chi connectivity index (χ2v) is 5.15. The minimum Gasteiger partial charge on any atom is -0.326 e. The van der Waals surface area contributed by atoms with Gasteiger partial charge in [-0.2, -0.15) is 5.26 Å². The van der Waals surface area contributed by atoms with Crippen LogP contribution in [0.1, 0.15) is 23.1 Å². The van der Waals surface area contributed by atoms with Gasteiger partial charge in [-0.1, -0.05) is 29.8 Å². The summed E-state index contributed by atoms with van der Waals surface area (Å²) in [6.07, 6.45) is 0.409. The van der Waals surface area contributed by atoms with Crippen LogP contribution in [0, 0.1) is 18.3 Å².